The molecule has 0 spiro atoms. The molecule has 0 saturated carbocycles. The number of amides is 1. The van der Waals surface area contributed by atoms with Crippen LogP contribution in [0.1, 0.15) is 15.9 Å². The van der Waals surface area contributed by atoms with Gasteiger partial charge in [-0.1, -0.05) is 30.3 Å². The largest absolute Gasteiger partial charge is 0.457 e. The first-order valence-electron chi connectivity index (χ1n) is 9.65. The van der Waals surface area contributed by atoms with E-state index < -0.39 is 0 Å². The van der Waals surface area contributed by atoms with Gasteiger partial charge in [-0.2, -0.15) is 0 Å². The van der Waals surface area contributed by atoms with E-state index in [1.807, 2.05) is 85.8 Å². The van der Waals surface area contributed by atoms with Crippen LogP contribution in [-0.2, 0) is 0 Å². The second-order valence-electron chi connectivity index (χ2n) is 6.84. The minimum absolute atomic E-state index is 0.186. The number of aryl methyl sites for hydroxylation is 1. The average Bonchev–Trinajstić information content (AvgIpc) is 2.76. The second-order valence-corrected chi connectivity index (χ2v) is 6.84. The van der Waals surface area contributed by atoms with E-state index in [0.29, 0.717) is 22.7 Å². The Morgan fingerprint density at radius 2 is 1.20 bits per heavy atom. The molecule has 1 N–H and O–H groups in total. The number of carbonyl (C=O) groups is 1. The molecule has 0 bridgehead atoms. The van der Waals surface area contributed by atoms with Gasteiger partial charge in [0.1, 0.15) is 23.0 Å². The first-order chi connectivity index (χ1) is 14.7. The molecular weight excluding hydrogens is 374 g/mol. The van der Waals surface area contributed by atoms with Crippen molar-refractivity contribution in [1.29, 1.82) is 0 Å². The van der Waals surface area contributed by atoms with E-state index in [9.17, 15) is 4.79 Å². The summed E-state index contributed by atoms with van der Waals surface area (Å²) >= 11 is 0. The Labute approximate surface area is 175 Å². The molecule has 0 aromatic heterocycles. The molecule has 0 unspecified atom stereocenters. The van der Waals surface area contributed by atoms with Gasteiger partial charge in [0.2, 0.25) is 0 Å². The number of hydrogen-bond acceptors (Lipinski definition) is 3. The van der Waals surface area contributed by atoms with E-state index in [2.05, 4.69) is 5.32 Å². The van der Waals surface area contributed by atoms with Gasteiger partial charge in [-0.15, -0.1) is 0 Å². The topological polar surface area (TPSA) is 47.6 Å². The summed E-state index contributed by atoms with van der Waals surface area (Å²) < 4.78 is 11.6. The predicted molar refractivity (Wildman–Crippen MR) is 119 cm³/mol. The van der Waals surface area contributed by atoms with Crippen LogP contribution in [0.15, 0.2) is 103 Å². The third-order valence-corrected chi connectivity index (χ3v) is 4.43. The Balaban J connectivity index is 1.36. The highest BCUT2D eigenvalue weighted by molar-refractivity contribution is 6.04. The summed E-state index contributed by atoms with van der Waals surface area (Å²) in [6.45, 7) is 2.01. The summed E-state index contributed by atoms with van der Waals surface area (Å²) in [6, 6.07) is 31.7. The number of carbonyl (C=O) groups excluding carboxylic acids is 1. The molecule has 0 saturated heterocycles. The zero-order valence-corrected chi connectivity index (χ0v) is 16.5. The second kappa shape index (κ2) is 8.97. The molecule has 0 aliphatic heterocycles. The van der Waals surface area contributed by atoms with Gasteiger partial charge in [0.15, 0.2) is 0 Å². The van der Waals surface area contributed by atoms with Crippen LogP contribution in [0.2, 0.25) is 0 Å². The molecule has 0 fully saturated rings. The number of hydrogen-bond donors (Lipinski definition) is 1. The van der Waals surface area contributed by atoms with Crippen molar-refractivity contribution in [3.8, 4) is 23.0 Å². The Morgan fingerprint density at radius 1 is 0.633 bits per heavy atom. The van der Waals surface area contributed by atoms with Gasteiger partial charge in [-0.05, 0) is 85.3 Å². The summed E-state index contributed by atoms with van der Waals surface area (Å²) in [7, 11) is 0. The molecule has 4 heteroatoms. The fourth-order valence-electron chi connectivity index (χ4n) is 2.92. The summed E-state index contributed by atoms with van der Waals surface area (Å²) in [6.07, 6.45) is 0. The molecule has 4 aromatic rings. The van der Waals surface area contributed by atoms with Gasteiger partial charge in [-0.25, -0.2) is 0 Å². The molecule has 0 heterocycles. The summed E-state index contributed by atoms with van der Waals surface area (Å²) in [5.41, 5.74) is 2.38. The molecule has 4 rings (SSSR count). The van der Waals surface area contributed by atoms with E-state index in [1.54, 1.807) is 24.3 Å². The minimum atomic E-state index is -0.186. The van der Waals surface area contributed by atoms with Crippen LogP contribution in [-0.4, -0.2) is 5.91 Å². The number of ether oxygens (including phenoxy) is 2. The van der Waals surface area contributed by atoms with Crippen LogP contribution in [0.4, 0.5) is 5.69 Å². The molecule has 0 aliphatic rings. The maximum absolute atomic E-state index is 12.5. The van der Waals surface area contributed by atoms with E-state index in [1.165, 1.54) is 0 Å². The van der Waals surface area contributed by atoms with Gasteiger partial charge in [0.25, 0.3) is 5.91 Å². The van der Waals surface area contributed by atoms with Crippen molar-refractivity contribution in [1.82, 2.24) is 0 Å². The van der Waals surface area contributed by atoms with E-state index in [-0.39, 0.29) is 5.91 Å². The highest BCUT2D eigenvalue weighted by atomic mass is 16.5. The molecule has 0 radical (unpaired) electrons. The lowest BCUT2D eigenvalue weighted by atomic mass is 10.2. The molecule has 1 amide bonds. The first kappa shape index (κ1) is 19.3. The lowest BCUT2D eigenvalue weighted by molar-refractivity contribution is 0.102. The van der Waals surface area contributed by atoms with Crippen molar-refractivity contribution in [2.24, 2.45) is 0 Å². The predicted octanol–water partition coefficient (Wildman–Crippen LogP) is 6.83. The molecule has 4 aromatic carbocycles. The van der Waals surface area contributed by atoms with Crippen molar-refractivity contribution in [2.45, 2.75) is 6.92 Å². The van der Waals surface area contributed by atoms with Gasteiger partial charge in [-0.3, -0.25) is 4.79 Å². The van der Waals surface area contributed by atoms with Gasteiger partial charge in [0.05, 0.1) is 0 Å². The summed E-state index contributed by atoms with van der Waals surface area (Å²) in [4.78, 5) is 12.5. The highest BCUT2D eigenvalue weighted by Crippen LogP contribution is 2.24. The molecule has 0 atom stereocenters. The highest BCUT2D eigenvalue weighted by Gasteiger charge is 2.07. The zero-order chi connectivity index (χ0) is 20.8. The maximum Gasteiger partial charge on any atom is 0.255 e. The summed E-state index contributed by atoms with van der Waals surface area (Å²) in [5, 5.41) is 2.89. The Hall–Kier alpha value is -4.05. The number of para-hydroxylation sites is 1. The van der Waals surface area contributed by atoms with Gasteiger partial charge in [0, 0.05) is 11.3 Å². The Morgan fingerprint density at radius 3 is 1.87 bits per heavy atom. The number of nitrogens with one attached hydrogen (secondary N) is 1. The summed E-state index contributed by atoms with van der Waals surface area (Å²) in [5.74, 6) is 2.73. The van der Waals surface area contributed by atoms with Crippen LogP contribution in [0.3, 0.4) is 0 Å². The fraction of sp³-hybridized carbons (Fsp3) is 0.0385. The number of benzene rings is 4. The van der Waals surface area contributed by atoms with E-state index >= 15 is 0 Å². The van der Waals surface area contributed by atoms with Crippen LogP contribution in [0.25, 0.3) is 0 Å². The van der Waals surface area contributed by atoms with Crippen molar-refractivity contribution in [3.63, 3.8) is 0 Å². The maximum atomic E-state index is 12.5. The zero-order valence-electron chi connectivity index (χ0n) is 16.5. The number of rotatable bonds is 6. The van der Waals surface area contributed by atoms with Crippen LogP contribution in [0, 0.1) is 6.92 Å². The van der Waals surface area contributed by atoms with Crippen molar-refractivity contribution < 1.29 is 14.3 Å². The molecular formula is C26H21NO3. The fourth-order valence-corrected chi connectivity index (χ4v) is 2.92. The van der Waals surface area contributed by atoms with Crippen molar-refractivity contribution in [2.75, 3.05) is 5.32 Å². The van der Waals surface area contributed by atoms with Gasteiger partial charge < -0.3 is 14.8 Å². The first-order valence-corrected chi connectivity index (χ1v) is 9.65. The molecule has 148 valence electrons. The molecule has 4 nitrogen and oxygen atoms in total. The monoisotopic (exact) mass is 395 g/mol. The van der Waals surface area contributed by atoms with Crippen LogP contribution >= 0.6 is 0 Å². The van der Waals surface area contributed by atoms with E-state index in [4.69, 9.17) is 9.47 Å². The normalized spacial score (nSPS) is 10.3. The lowest BCUT2D eigenvalue weighted by Gasteiger charge is -2.09. The van der Waals surface area contributed by atoms with Gasteiger partial charge >= 0.3 is 0 Å². The Kier molecular flexibility index (Phi) is 5.76. The third kappa shape index (κ3) is 5.06. The minimum Gasteiger partial charge on any atom is -0.457 e. The molecule has 0 aliphatic carbocycles. The quantitative estimate of drug-likeness (QED) is 0.389. The third-order valence-electron chi connectivity index (χ3n) is 4.43. The van der Waals surface area contributed by atoms with Crippen molar-refractivity contribution >= 4 is 11.6 Å². The SMILES string of the molecule is Cc1cccc(Oc2ccc(C(=O)Nc3ccc(Oc4ccccc4)cc3)cc2)c1. The van der Waals surface area contributed by atoms with Crippen LogP contribution < -0.4 is 14.8 Å². The lowest BCUT2D eigenvalue weighted by Crippen LogP contribution is -2.11. The van der Waals surface area contributed by atoms with E-state index in [0.717, 1.165) is 17.1 Å². The smallest absolute Gasteiger partial charge is 0.255 e. The Bertz CT molecular complexity index is 1120. The van der Waals surface area contributed by atoms with Crippen LogP contribution in [0.5, 0.6) is 23.0 Å². The van der Waals surface area contributed by atoms with Crippen molar-refractivity contribution in [3.05, 3.63) is 114 Å². The number of anilines is 1. The average molecular weight is 395 g/mol. The molecule has 30 heavy (non-hydrogen) atoms. The standard InChI is InChI=1S/C26H21NO3/c1-19-6-5-9-25(18-19)30-23-14-10-20(11-15-23)26(28)27-21-12-16-24(17-13-21)29-22-7-3-2-4-8-22/h2-18H,1H3,(H,27,28).